The fraction of sp³-hybridized carbons (Fsp3) is 0.708. The average molecular weight is 401 g/mol. The van der Waals surface area contributed by atoms with Crippen LogP contribution in [0.2, 0.25) is 0 Å². The third-order valence-electron chi connectivity index (χ3n) is 8.82. The molecule has 0 radical (unpaired) electrons. The van der Waals surface area contributed by atoms with Crippen molar-refractivity contribution in [2.75, 3.05) is 0 Å². The molecule has 0 aromatic carbocycles. The highest BCUT2D eigenvalue weighted by molar-refractivity contribution is 6.01. The molecule has 0 spiro atoms. The van der Waals surface area contributed by atoms with E-state index in [4.69, 9.17) is 4.74 Å². The van der Waals surface area contributed by atoms with Crippen LogP contribution in [-0.2, 0) is 19.1 Å². The Morgan fingerprint density at radius 2 is 1.93 bits per heavy atom. The number of carbonyl (C=O) groups is 3. The minimum Gasteiger partial charge on any atom is -0.451 e. The third-order valence-corrected chi connectivity index (χ3v) is 8.82. The fourth-order valence-corrected chi connectivity index (χ4v) is 7.80. The topological polar surface area (TPSA) is 80.7 Å². The number of aliphatic hydroxyl groups excluding tert-OH is 1. The van der Waals surface area contributed by atoms with Gasteiger partial charge in [0.05, 0.1) is 6.10 Å². The van der Waals surface area contributed by atoms with Gasteiger partial charge < -0.3 is 9.84 Å². The maximum atomic E-state index is 12.8. The van der Waals surface area contributed by atoms with Crippen LogP contribution in [0.15, 0.2) is 23.8 Å². The van der Waals surface area contributed by atoms with Gasteiger partial charge in [0.15, 0.2) is 17.2 Å². The first-order valence-corrected chi connectivity index (χ1v) is 10.8. The molecule has 4 rings (SSSR count). The summed E-state index contributed by atoms with van der Waals surface area (Å²) in [4.78, 5) is 36.8. The van der Waals surface area contributed by atoms with Crippen molar-refractivity contribution in [2.45, 2.75) is 72.0 Å². The predicted octanol–water partition coefficient (Wildman–Crippen LogP) is 3.40. The summed E-state index contributed by atoms with van der Waals surface area (Å²) in [6.45, 7) is 9.20. The van der Waals surface area contributed by atoms with Crippen LogP contribution in [0.3, 0.4) is 0 Å². The second-order valence-corrected chi connectivity index (χ2v) is 10.3. The van der Waals surface area contributed by atoms with Gasteiger partial charge in [0.1, 0.15) is 0 Å². The summed E-state index contributed by atoms with van der Waals surface area (Å²) in [6.07, 6.45) is 7.36. The van der Waals surface area contributed by atoms with Gasteiger partial charge in [0.25, 0.3) is 0 Å². The molecule has 0 amide bonds. The van der Waals surface area contributed by atoms with E-state index in [1.807, 2.05) is 13.0 Å². The highest BCUT2D eigenvalue weighted by Crippen LogP contribution is 2.68. The SMILES string of the molecule is CC(=O)O[C@]1(C(C)=O)CC[C@H]2[C@@H]3C[C@H](C)C4=CC(=O)C=C[C@]4(C)[C@@H]3[C@@H](O)C[C@@]21C. The van der Waals surface area contributed by atoms with Crippen molar-refractivity contribution in [3.05, 3.63) is 23.8 Å². The molecular formula is C24H32O5. The van der Waals surface area contributed by atoms with Gasteiger partial charge in [0, 0.05) is 23.7 Å². The molecule has 4 aliphatic carbocycles. The average Bonchev–Trinajstić information content (AvgIpc) is 2.89. The van der Waals surface area contributed by atoms with Gasteiger partial charge in [-0.25, -0.2) is 0 Å². The Morgan fingerprint density at radius 3 is 2.55 bits per heavy atom. The van der Waals surface area contributed by atoms with Crippen molar-refractivity contribution < 1.29 is 24.2 Å². The van der Waals surface area contributed by atoms with Gasteiger partial charge in [-0.1, -0.05) is 32.4 Å². The standard InChI is InChI=1S/C24H32O5/c1-13-10-17-18-7-9-24(14(2)25,29-15(3)26)23(18,5)12-20(28)21(17)22(4)8-6-16(27)11-19(13)22/h6,8,11,13,17-18,20-21,28H,7,9-10,12H2,1-5H3/t13-,17-,18-,20-,21-,22-,23-,24-/m0/s1. The number of Topliss-reactive ketones (excluding diaryl/α,β-unsaturated/α-hetero) is 1. The molecule has 3 fully saturated rings. The first kappa shape index (κ1) is 20.5. The molecule has 0 heterocycles. The van der Waals surface area contributed by atoms with E-state index in [0.29, 0.717) is 12.8 Å². The Morgan fingerprint density at radius 1 is 1.24 bits per heavy atom. The number of rotatable bonds is 2. The first-order valence-electron chi connectivity index (χ1n) is 10.8. The maximum absolute atomic E-state index is 12.8. The van der Waals surface area contributed by atoms with E-state index in [1.54, 1.807) is 12.2 Å². The van der Waals surface area contributed by atoms with E-state index in [9.17, 15) is 19.5 Å². The molecule has 5 heteroatoms. The molecule has 0 saturated heterocycles. The second-order valence-electron chi connectivity index (χ2n) is 10.3. The zero-order chi connectivity index (χ0) is 21.4. The lowest BCUT2D eigenvalue weighted by atomic mass is 9.44. The van der Waals surface area contributed by atoms with Crippen LogP contribution in [0.25, 0.3) is 0 Å². The Hall–Kier alpha value is -1.75. The molecule has 5 nitrogen and oxygen atoms in total. The van der Waals surface area contributed by atoms with Crippen LogP contribution in [0.4, 0.5) is 0 Å². The highest BCUT2D eigenvalue weighted by Gasteiger charge is 2.70. The largest absolute Gasteiger partial charge is 0.451 e. The van der Waals surface area contributed by atoms with Gasteiger partial charge in [-0.3, -0.25) is 14.4 Å². The van der Waals surface area contributed by atoms with Gasteiger partial charge >= 0.3 is 5.97 Å². The molecule has 0 aliphatic heterocycles. The molecule has 4 aliphatic rings. The summed E-state index contributed by atoms with van der Waals surface area (Å²) in [5.41, 5.74) is -0.991. The van der Waals surface area contributed by atoms with Crippen molar-refractivity contribution in [1.29, 1.82) is 0 Å². The van der Waals surface area contributed by atoms with Crippen molar-refractivity contribution in [3.8, 4) is 0 Å². The number of esters is 1. The Labute approximate surface area is 172 Å². The Kier molecular flexibility index (Phi) is 4.51. The summed E-state index contributed by atoms with van der Waals surface area (Å²) >= 11 is 0. The maximum Gasteiger partial charge on any atom is 0.303 e. The van der Waals surface area contributed by atoms with Crippen molar-refractivity contribution in [2.24, 2.45) is 34.5 Å². The van der Waals surface area contributed by atoms with E-state index in [0.717, 1.165) is 18.4 Å². The number of ketones is 2. The molecule has 0 bridgehead atoms. The molecule has 3 saturated carbocycles. The number of fused-ring (bicyclic) bond motifs is 5. The molecule has 1 N–H and O–H groups in total. The van der Waals surface area contributed by atoms with Crippen molar-refractivity contribution >= 4 is 17.5 Å². The lowest BCUT2D eigenvalue weighted by Crippen LogP contribution is -2.62. The monoisotopic (exact) mass is 400 g/mol. The summed E-state index contributed by atoms with van der Waals surface area (Å²) in [6, 6.07) is 0. The summed E-state index contributed by atoms with van der Waals surface area (Å²) in [7, 11) is 0. The minimum absolute atomic E-state index is 0.00698. The van der Waals surface area contributed by atoms with Crippen molar-refractivity contribution in [1.82, 2.24) is 0 Å². The van der Waals surface area contributed by atoms with Gasteiger partial charge in [-0.2, -0.15) is 0 Å². The molecular weight excluding hydrogens is 368 g/mol. The number of ether oxygens (including phenoxy) is 1. The van der Waals surface area contributed by atoms with Crippen molar-refractivity contribution in [3.63, 3.8) is 0 Å². The van der Waals surface area contributed by atoms with Crippen LogP contribution in [-0.4, -0.2) is 34.3 Å². The molecule has 158 valence electrons. The number of hydrogen-bond donors (Lipinski definition) is 1. The van der Waals surface area contributed by atoms with E-state index < -0.39 is 23.1 Å². The molecule has 29 heavy (non-hydrogen) atoms. The van der Waals surface area contributed by atoms with E-state index >= 15 is 0 Å². The lowest BCUT2D eigenvalue weighted by Gasteiger charge is -2.61. The van der Waals surface area contributed by atoms with Crippen LogP contribution in [0, 0.1) is 34.5 Å². The van der Waals surface area contributed by atoms with Crippen LogP contribution in [0.5, 0.6) is 0 Å². The molecule has 0 aromatic heterocycles. The number of aliphatic hydroxyl groups is 1. The quantitative estimate of drug-likeness (QED) is 0.719. The van der Waals surface area contributed by atoms with Crippen LogP contribution < -0.4 is 0 Å². The van der Waals surface area contributed by atoms with E-state index in [-0.39, 0.29) is 40.7 Å². The normalized spacial score (nSPS) is 48.3. The molecule has 0 aromatic rings. The zero-order valence-electron chi connectivity index (χ0n) is 18.0. The van der Waals surface area contributed by atoms with Gasteiger partial charge in [0.2, 0.25) is 0 Å². The summed E-state index contributed by atoms with van der Waals surface area (Å²) in [5.74, 6) is 0.0627. The molecule has 8 atom stereocenters. The van der Waals surface area contributed by atoms with Gasteiger partial charge in [-0.15, -0.1) is 0 Å². The zero-order valence-corrected chi connectivity index (χ0v) is 18.0. The summed E-state index contributed by atoms with van der Waals surface area (Å²) < 4.78 is 5.76. The highest BCUT2D eigenvalue weighted by atomic mass is 16.6. The smallest absolute Gasteiger partial charge is 0.303 e. The van der Waals surface area contributed by atoms with E-state index in [2.05, 4.69) is 13.8 Å². The molecule has 0 unspecified atom stereocenters. The van der Waals surface area contributed by atoms with Crippen LogP contribution in [0.1, 0.15) is 60.3 Å². The fourth-order valence-electron chi connectivity index (χ4n) is 7.80. The van der Waals surface area contributed by atoms with E-state index in [1.165, 1.54) is 13.8 Å². The van der Waals surface area contributed by atoms with Gasteiger partial charge in [-0.05, 0) is 62.5 Å². The predicted molar refractivity (Wildman–Crippen MR) is 108 cm³/mol. The first-order chi connectivity index (χ1) is 13.5. The minimum atomic E-state index is -1.16. The van der Waals surface area contributed by atoms with Crippen LogP contribution >= 0.6 is 0 Å². The number of hydrogen-bond acceptors (Lipinski definition) is 5. The number of allylic oxidation sites excluding steroid dienone is 4. The third kappa shape index (κ3) is 2.59. The Balaban J connectivity index is 1.80. The second kappa shape index (κ2) is 6.37. The number of carbonyl (C=O) groups excluding carboxylic acids is 3. The summed E-state index contributed by atoms with van der Waals surface area (Å²) in [5, 5.41) is 11.4. The lowest BCUT2D eigenvalue weighted by molar-refractivity contribution is -0.197. The Bertz CT molecular complexity index is 840.